The number of anilines is 2. The zero-order chi connectivity index (χ0) is 18.0. The van der Waals surface area contributed by atoms with Crippen LogP contribution in [0.3, 0.4) is 0 Å². The summed E-state index contributed by atoms with van der Waals surface area (Å²) in [7, 11) is 0. The van der Waals surface area contributed by atoms with Gasteiger partial charge in [-0.2, -0.15) is 0 Å². The van der Waals surface area contributed by atoms with Gasteiger partial charge in [-0.1, -0.05) is 11.6 Å². The van der Waals surface area contributed by atoms with Crippen LogP contribution in [-0.2, 0) is 9.47 Å². The van der Waals surface area contributed by atoms with Crippen LogP contribution in [0, 0.1) is 0 Å². The molecule has 0 unspecified atom stereocenters. The molecule has 0 saturated carbocycles. The van der Waals surface area contributed by atoms with Crippen LogP contribution >= 0.6 is 11.6 Å². The summed E-state index contributed by atoms with van der Waals surface area (Å²) >= 11 is 5.89. The summed E-state index contributed by atoms with van der Waals surface area (Å²) in [5.41, 5.74) is 1.16. The molecule has 0 aliphatic carbocycles. The Hall–Kier alpha value is -2.22. The molecule has 2 fully saturated rings. The van der Waals surface area contributed by atoms with Crippen LogP contribution in [0.15, 0.2) is 36.5 Å². The van der Waals surface area contributed by atoms with E-state index in [1.807, 2.05) is 12.1 Å². The fourth-order valence-electron chi connectivity index (χ4n) is 3.20. The van der Waals surface area contributed by atoms with E-state index in [2.05, 4.69) is 15.3 Å². The number of halogens is 1. The number of rotatable bonds is 3. The van der Waals surface area contributed by atoms with E-state index in [0.29, 0.717) is 55.8 Å². The van der Waals surface area contributed by atoms with Crippen LogP contribution < -0.4 is 5.32 Å². The number of carbonyl (C=O) groups excluding carboxylic acids is 1. The molecule has 1 aromatic carbocycles. The van der Waals surface area contributed by atoms with Crippen LogP contribution in [0.2, 0.25) is 5.02 Å². The maximum absolute atomic E-state index is 12.8. The molecule has 2 aliphatic heterocycles. The van der Waals surface area contributed by atoms with Gasteiger partial charge in [-0.05, 0) is 30.3 Å². The SMILES string of the molecule is O=C(c1ccnc(Nc2ccc(Cl)cc2)n1)N1CCC2(CC1)OCCO2. The molecule has 136 valence electrons. The van der Waals surface area contributed by atoms with Gasteiger partial charge in [-0.3, -0.25) is 4.79 Å². The Morgan fingerprint density at radius 3 is 2.50 bits per heavy atom. The summed E-state index contributed by atoms with van der Waals surface area (Å²) in [6.45, 7) is 2.42. The third-order valence-corrected chi connectivity index (χ3v) is 4.85. The van der Waals surface area contributed by atoms with E-state index in [9.17, 15) is 4.79 Å². The van der Waals surface area contributed by atoms with Crippen molar-refractivity contribution in [2.75, 3.05) is 31.6 Å². The summed E-state index contributed by atoms with van der Waals surface area (Å²) in [5.74, 6) is -0.238. The number of aromatic nitrogens is 2. The lowest BCUT2D eigenvalue weighted by molar-refractivity contribution is -0.181. The highest BCUT2D eigenvalue weighted by atomic mass is 35.5. The number of benzene rings is 1. The molecule has 0 atom stereocenters. The number of nitrogens with zero attached hydrogens (tertiary/aromatic N) is 3. The summed E-state index contributed by atoms with van der Waals surface area (Å²) in [6, 6.07) is 8.82. The summed E-state index contributed by atoms with van der Waals surface area (Å²) in [6.07, 6.45) is 2.94. The molecule has 0 bridgehead atoms. The van der Waals surface area contributed by atoms with Gasteiger partial charge >= 0.3 is 0 Å². The van der Waals surface area contributed by atoms with Crippen molar-refractivity contribution >= 4 is 29.1 Å². The highest BCUT2D eigenvalue weighted by Crippen LogP contribution is 2.31. The molecule has 1 amide bonds. The van der Waals surface area contributed by atoms with E-state index in [1.165, 1.54) is 0 Å². The lowest BCUT2D eigenvalue weighted by Gasteiger charge is -2.37. The molecule has 0 radical (unpaired) electrons. The molecular weight excluding hydrogens is 356 g/mol. The first-order valence-electron chi connectivity index (χ1n) is 8.56. The van der Waals surface area contributed by atoms with Crippen molar-refractivity contribution in [1.29, 1.82) is 0 Å². The van der Waals surface area contributed by atoms with Gasteiger partial charge < -0.3 is 19.7 Å². The van der Waals surface area contributed by atoms with Crippen molar-refractivity contribution in [1.82, 2.24) is 14.9 Å². The first-order valence-corrected chi connectivity index (χ1v) is 8.94. The van der Waals surface area contributed by atoms with Gasteiger partial charge in [0.15, 0.2) is 5.79 Å². The molecule has 2 aromatic rings. The number of amides is 1. The van der Waals surface area contributed by atoms with Crippen LogP contribution in [0.25, 0.3) is 0 Å². The highest BCUT2D eigenvalue weighted by Gasteiger charge is 2.41. The number of hydrogen-bond donors (Lipinski definition) is 1. The van der Waals surface area contributed by atoms with Crippen LogP contribution in [0.4, 0.5) is 11.6 Å². The molecule has 1 spiro atoms. The predicted molar refractivity (Wildman–Crippen MR) is 96.5 cm³/mol. The van der Waals surface area contributed by atoms with Crippen LogP contribution in [0.5, 0.6) is 0 Å². The van der Waals surface area contributed by atoms with E-state index in [0.717, 1.165) is 5.69 Å². The summed E-state index contributed by atoms with van der Waals surface area (Å²) < 4.78 is 11.4. The Morgan fingerprint density at radius 1 is 1.12 bits per heavy atom. The molecule has 3 heterocycles. The van der Waals surface area contributed by atoms with E-state index in [4.69, 9.17) is 21.1 Å². The number of piperidine rings is 1. The fraction of sp³-hybridized carbons (Fsp3) is 0.389. The van der Waals surface area contributed by atoms with Gasteiger partial charge in [0.25, 0.3) is 5.91 Å². The standard InChI is InChI=1S/C18H19ClN4O3/c19-13-1-3-14(4-2-13)21-17-20-8-5-15(22-17)16(24)23-9-6-18(7-10-23)25-11-12-26-18/h1-5,8H,6-7,9-12H2,(H,20,21,22). The minimum absolute atomic E-state index is 0.112. The minimum Gasteiger partial charge on any atom is -0.347 e. The van der Waals surface area contributed by atoms with Crippen molar-refractivity contribution < 1.29 is 14.3 Å². The zero-order valence-corrected chi connectivity index (χ0v) is 14.9. The molecule has 2 saturated heterocycles. The monoisotopic (exact) mass is 374 g/mol. The topological polar surface area (TPSA) is 76.6 Å². The molecular formula is C18H19ClN4O3. The second-order valence-corrected chi connectivity index (χ2v) is 6.73. The average Bonchev–Trinajstić information content (AvgIpc) is 3.12. The molecule has 7 nitrogen and oxygen atoms in total. The average molecular weight is 375 g/mol. The predicted octanol–water partition coefficient (Wildman–Crippen LogP) is 2.85. The normalized spacial score (nSPS) is 18.9. The van der Waals surface area contributed by atoms with Crippen molar-refractivity contribution in [3.05, 3.63) is 47.2 Å². The maximum atomic E-state index is 12.8. The Balaban J connectivity index is 1.42. The lowest BCUT2D eigenvalue weighted by Crippen LogP contribution is -2.47. The first kappa shape index (κ1) is 17.2. The van der Waals surface area contributed by atoms with E-state index >= 15 is 0 Å². The molecule has 4 rings (SSSR count). The molecule has 1 aromatic heterocycles. The van der Waals surface area contributed by atoms with Gasteiger partial charge in [0.1, 0.15) is 5.69 Å². The van der Waals surface area contributed by atoms with Gasteiger partial charge in [0.05, 0.1) is 13.2 Å². The van der Waals surface area contributed by atoms with Crippen molar-refractivity contribution in [2.45, 2.75) is 18.6 Å². The number of nitrogens with one attached hydrogen (secondary N) is 1. The van der Waals surface area contributed by atoms with E-state index in [1.54, 1.807) is 29.3 Å². The van der Waals surface area contributed by atoms with Gasteiger partial charge in [0.2, 0.25) is 5.95 Å². The Kier molecular flexibility index (Phi) is 4.76. The van der Waals surface area contributed by atoms with E-state index in [-0.39, 0.29) is 5.91 Å². The molecule has 26 heavy (non-hydrogen) atoms. The zero-order valence-electron chi connectivity index (χ0n) is 14.2. The summed E-state index contributed by atoms with van der Waals surface area (Å²) in [4.78, 5) is 23.1. The molecule has 8 heteroatoms. The Bertz CT molecular complexity index is 783. The highest BCUT2D eigenvalue weighted by molar-refractivity contribution is 6.30. The number of carbonyl (C=O) groups is 1. The fourth-order valence-corrected chi connectivity index (χ4v) is 3.32. The maximum Gasteiger partial charge on any atom is 0.272 e. The van der Waals surface area contributed by atoms with Crippen molar-refractivity contribution in [3.8, 4) is 0 Å². The number of hydrogen-bond acceptors (Lipinski definition) is 6. The third kappa shape index (κ3) is 3.65. The number of ether oxygens (including phenoxy) is 2. The van der Waals surface area contributed by atoms with Gasteiger partial charge in [-0.15, -0.1) is 0 Å². The molecule has 1 N–H and O–H groups in total. The van der Waals surface area contributed by atoms with Gasteiger partial charge in [0, 0.05) is 42.8 Å². The quantitative estimate of drug-likeness (QED) is 0.890. The third-order valence-electron chi connectivity index (χ3n) is 4.60. The largest absolute Gasteiger partial charge is 0.347 e. The second kappa shape index (κ2) is 7.19. The molecule has 2 aliphatic rings. The van der Waals surface area contributed by atoms with Crippen LogP contribution in [0.1, 0.15) is 23.3 Å². The smallest absolute Gasteiger partial charge is 0.272 e. The minimum atomic E-state index is -0.496. The first-order chi connectivity index (χ1) is 12.6. The second-order valence-electron chi connectivity index (χ2n) is 6.30. The van der Waals surface area contributed by atoms with E-state index < -0.39 is 5.79 Å². The van der Waals surface area contributed by atoms with Crippen molar-refractivity contribution in [2.24, 2.45) is 0 Å². The van der Waals surface area contributed by atoms with Crippen LogP contribution in [-0.4, -0.2) is 52.9 Å². The number of likely N-dealkylation sites (tertiary alicyclic amines) is 1. The van der Waals surface area contributed by atoms with Gasteiger partial charge in [-0.25, -0.2) is 9.97 Å². The lowest BCUT2D eigenvalue weighted by atomic mass is 10.0. The van der Waals surface area contributed by atoms with Crippen molar-refractivity contribution in [3.63, 3.8) is 0 Å². The Morgan fingerprint density at radius 2 is 1.81 bits per heavy atom. The Labute approximate surface area is 156 Å². The summed E-state index contributed by atoms with van der Waals surface area (Å²) in [5, 5.41) is 3.73.